The van der Waals surface area contributed by atoms with Crippen LogP contribution in [0.2, 0.25) is 5.02 Å². The SMILES string of the molecule is Oc1ccc(-c2nc(-c3ccccc3)c(-c3ccc(Cl)cc3)[nH]2)cc1. The van der Waals surface area contributed by atoms with Crippen LogP contribution in [0.4, 0.5) is 0 Å². The summed E-state index contributed by atoms with van der Waals surface area (Å²) >= 11 is 6.02. The van der Waals surface area contributed by atoms with Gasteiger partial charge in [0.15, 0.2) is 0 Å². The van der Waals surface area contributed by atoms with E-state index in [4.69, 9.17) is 16.6 Å². The molecule has 0 aliphatic rings. The van der Waals surface area contributed by atoms with E-state index in [1.54, 1.807) is 12.1 Å². The number of aromatic amines is 1. The average Bonchev–Trinajstić information content (AvgIpc) is 3.09. The van der Waals surface area contributed by atoms with E-state index in [0.717, 1.165) is 33.9 Å². The Hall–Kier alpha value is -3.04. The summed E-state index contributed by atoms with van der Waals surface area (Å²) in [6.07, 6.45) is 0. The third-order valence-corrected chi connectivity index (χ3v) is 4.28. The van der Waals surface area contributed by atoms with Gasteiger partial charge < -0.3 is 10.1 Å². The third-order valence-electron chi connectivity index (χ3n) is 4.02. The Kier molecular flexibility index (Phi) is 4.00. The van der Waals surface area contributed by atoms with Crippen LogP contribution in [0.15, 0.2) is 78.9 Å². The van der Waals surface area contributed by atoms with Gasteiger partial charge >= 0.3 is 0 Å². The summed E-state index contributed by atoms with van der Waals surface area (Å²) < 4.78 is 0. The van der Waals surface area contributed by atoms with Gasteiger partial charge in [-0.25, -0.2) is 4.98 Å². The van der Waals surface area contributed by atoms with Gasteiger partial charge in [0.1, 0.15) is 11.6 Å². The lowest BCUT2D eigenvalue weighted by molar-refractivity contribution is 0.475. The highest BCUT2D eigenvalue weighted by Gasteiger charge is 2.15. The number of aromatic nitrogens is 2. The van der Waals surface area contributed by atoms with Gasteiger partial charge in [0.2, 0.25) is 0 Å². The highest BCUT2D eigenvalue weighted by molar-refractivity contribution is 6.30. The summed E-state index contributed by atoms with van der Waals surface area (Å²) in [7, 11) is 0. The minimum Gasteiger partial charge on any atom is -0.508 e. The van der Waals surface area contributed by atoms with Crippen LogP contribution < -0.4 is 0 Å². The van der Waals surface area contributed by atoms with Crippen molar-refractivity contribution in [3.63, 3.8) is 0 Å². The van der Waals surface area contributed by atoms with Gasteiger partial charge in [0.25, 0.3) is 0 Å². The maximum atomic E-state index is 9.50. The van der Waals surface area contributed by atoms with Gasteiger partial charge in [-0.2, -0.15) is 0 Å². The number of nitrogens with zero attached hydrogens (tertiary/aromatic N) is 1. The number of benzene rings is 3. The fraction of sp³-hybridized carbons (Fsp3) is 0. The second-order valence-electron chi connectivity index (χ2n) is 5.73. The molecule has 0 unspecified atom stereocenters. The van der Waals surface area contributed by atoms with E-state index in [9.17, 15) is 5.11 Å². The van der Waals surface area contributed by atoms with Crippen molar-refractivity contribution in [3.05, 3.63) is 83.9 Å². The summed E-state index contributed by atoms with van der Waals surface area (Å²) in [6.45, 7) is 0. The monoisotopic (exact) mass is 346 g/mol. The molecule has 0 bridgehead atoms. The zero-order valence-corrected chi connectivity index (χ0v) is 14.0. The molecule has 2 N–H and O–H groups in total. The van der Waals surface area contributed by atoms with E-state index in [2.05, 4.69) is 4.98 Å². The zero-order valence-electron chi connectivity index (χ0n) is 13.3. The van der Waals surface area contributed by atoms with Crippen molar-refractivity contribution in [2.45, 2.75) is 0 Å². The maximum absolute atomic E-state index is 9.50. The Morgan fingerprint density at radius 1 is 0.720 bits per heavy atom. The quantitative estimate of drug-likeness (QED) is 0.494. The van der Waals surface area contributed by atoms with Gasteiger partial charge in [-0.3, -0.25) is 0 Å². The fourth-order valence-corrected chi connectivity index (χ4v) is 2.89. The summed E-state index contributed by atoms with van der Waals surface area (Å²) in [5, 5.41) is 10.2. The number of hydrogen-bond acceptors (Lipinski definition) is 2. The van der Waals surface area contributed by atoms with Gasteiger partial charge in [0.05, 0.1) is 11.4 Å². The summed E-state index contributed by atoms with van der Waals surface area (Å²) in [5.41, 5.74) is 4.78. The number of halogens is 1. The van der Waals surface area contributed by atoms with Gasteiger partial charge in [-0.1, -0.05) is 54.1 Å². The number of aromatic hydroxyl groups is 1. The molecule has 0 fully saturated rings. The molecule has 25 heavy (non-hydrogen) atoms. The summed E-state index contributed by atoms with van der Waals surface area (Å²) in [4.78, 5) is 8.22. The molecule has 122 valence electrons. The smallest absolute Gasteiger partial charge is 0.138 e. The molecule has 3 nitrogen and oxygen atoms in total. The predicted molar refractivity (Wildman–Crippen MR) is 102 cm³/mol. The summed E-state index contributed by atoms with van der Waals surface area (Å²) in [6, 6.07) is 24.7. The minimum absolute atomic E-state index is 0.233. The topological polar surface area (TPSA) is 48.9 Å². The van der Waals surface area contributed by atoms with Crippen LogP contribution in [-0.2, 0) is 0 Å². The molecule has 0 saturated carbocycles. The van der Waals surface area contributed by atoms with E-state index in [1.807, 2.05) is 66.7 Å². The first-order valence-corrected chi connectivity index (χ1v) is 8.29. The molecule has 4 aromatic rings. The highest BCUT2D eigenvalue weighted by Crippen LogP contribution is 2.33. The lowest BCUT2D eigenvalue weighted by Gasteiger charge is -2.03. The predicted octanol–water partition coefficient (Wildman–Crippen LogP) is 5.77. The minimum atomic E-state index is 0.233. The molecule has 0 radical (unpaired) electrons. The van der Waals surface area contributed by atoms with E-state index < -0.39 is 0 Å². The van der Waals surface area contributed by atoms with Crippen molar-refractivity contribution in [1.29, 1.82) is 0 Å². The van der Waals surface area contributed by atoms with E-state index in [-0.39, 0.29) is 5.75 Å². The molecule has 3 aromatic carbocycles. The van der Waals surface area contributed by atoms with Gasteiger partial charge in [0, 0.05) is 21.7 Å². The number of imidazole rings is 1. The molecule has 1 aromatic heterocycles. The molecule has 0 aliphatic heterocycles. The number of phenolic OH excluding ortho intramolecular Hbond substituents is 1. The zero-order chi connectivity index (χ0) is 17.2. The molecular weight excluding hydrogens is 332 g/mol. The van der Waals surface area contributed by atoms with Crippen LogP contribution in [0.25, 0.3) is 33.9 Å². The molecule has 1 heterocycles. The lowest BCUT2D eigenvalue weighted by atomic mass is 10.1. The van der Waals surface area contributed by atoms with Crippen LogP contribution in [-0.4, -0.2) is 15.1 Å². The Morgan fingerprint density at radius 3 is 2.04 bits per heavy atom. The van der Waals surface area contributed by atoms with Crippen LogP contribution in [0, 0.1) is 0 Å². The largest absolute Gasteiger partial charge is 0.508 e. The fourth-order valence-electron chi connectivity index (χ4n) is 2.76. The molecule has 4 rings (SSSR count). The molecule has 0 spiro atoms. The average molecular weight is 347 g/mol. The van der Waals surface area contributed by atoms with Gasteiger partial charge in [-0.15, -0.1) is 0 Å². The molecule has 0 amide bonds. The van der Waals surface area contributed by atoms with Crippen molar-refractivity contribution in [2.24, 2.45) is 0 Å². The Balaban J connectivity index is 1.89. The normalized spacial score (nSPS) is 10.8. The van der Waals surface area contributed by atoms with Crippen molar-refractivity contribution in [3.8, 4) is 39.7 Å². The summed E-state index contributed by atoms with van der Waals surface area (Å²) in [5.74, 6) is 0.986. The molecule has 0 saturated heterocycles. The number of H-pyrrole nitrogens is 1. The first kappa shape index (κ1) is 15.5. The van der Waals surface area contributed by atoms with Crippen molar-refractivity contribution < 1.29 is 5.11 Å². The van der Waals surface area contributed by atoms with E-state index in [1.165, 1.54) is 0 Å². The lowest BCUT2D eigenvalue weighted by Crippen LogP contribution is -1.83. The molecular formula is C21H15ClN2O. The maximum Gasteiger partial charge on any atom is 0.138 e. The van der Waals surface area contributed by atoms with E-state index >= 15 is 0 Å². The Labute approximate surface area is 150 Å². The van der Waals surface area contributed by atoms with Crippen molar-refractivity contribution >= 4 is 11.6 Å². The van der Waals surface area contributed by atoms with Crippen molar-refractivity contribution in [1.82, 2.24) is 9.97 Å². The van der Waals surface area contributed by atoms with Crippen LogP contribution in [0.1, 0.15) is 0 Å². The number of nitrogens with one attached hydrogen (secondary N) is 1. The highest BCUT2D eigenvalue weighted by atomic mass is 35.5. The second-order valence-corrected chi connectivity index (χ2v) is 6.17. The van der Waals surface area contributed by atoms with Crippen LogP contribution in [0.3, 0.4) is 0 Å². The Morgan fingerprint density at radius 2 is 1.36 bits per heavy atom. The standard InChI is InChI=1S/C21H15ClN2O/c22-17-10-6-15(7-11-17)20-19(14-4-2-1-3-5-14)23-21(24-20)16-8-12-18(25)13-9-16/h1-13,25H,(H,23,24). The third kappa shape index (κ3) is 3.14. The van der Waals surface area contributed by atoms with Crippen molar-refractivity contribution in [2.75, 3.05) is 0 Å². The van der Waals surface area contributed by atoms with Gasteiger partial charge in [-0.05, 0) is 36.4 Å². The van der Waals surface area contributed by atoms with Crippen LogP contribution in [0.5, 0.6) is 5.75 Å². The molecule has 4 heteroatoms. The Bertz CT molecular complexity index is 991. The number of rotatable bonds is 3. The van der Waals surface area contributed by atoms with Crippen LogP contribution >= 0.6 is 11.6 Å². The molecule has 0 aliphatic carbocycles. The molecule has 0 atom stereocenters. The van der Waals surface area contributed by atoms with E-state index in [0.29, 0.717) is 5.02 Å². The number of phenols is 1. The second kappa shape index (κ2) is 6.46. The first-order chi connectivity index (χ1) is 12.2. The number of hydrogen-bond donors (Lipinski definition) is 2. The first-order valence-electron chi connectivity index (χ1n) is 7.91.